The van der Waals surface area contributed by atoms with Crippen LogP contribution in [0.2, 0.25) is 5.02 Å². The summed E-state index contributed by atoms with van der Waals surface area (Å²) in [4.78, 5) is 25.2. The van der Waals surface area contributed by atoms with Crippen molar-refractivity contribution in [2.24, 2.45) is 23.7 Å². The zero-order valence-corrected chi connectivity index (χ0v) is 24.6. The molecule has 5 N–H and O–H groups in total. The summed E-state index contributed by atoms with van der Waals surface area (Å²) >= 11 is 6.28. The molecule has 2 aromatic rings. The highest BCUT2D eigenvalue weighted by Gasteiger charge is 2.58. The molecule has 43 heavy (non-hydrogen) atoms. The Bertz CT molecular complexity index is 1530. The largest absolute Gasteiger partial charge is 0.390 e. The molecule has 0 saturated heterocycles. The van der Waals surface area contributed by atoms with Crippen molar-refractivity contribution in [2.45, 2.75) is 67.0 Å². The van der Waals surface area contributed by atoms with Gasteiger partial charge in [0.05, 0.1) is 33.0 Å². The number of aliphatic hydroxyl groups excluding tert-OH is 2. The van der Waals surface area contributed by atoms with Crippen molar-refractivity contribution in [3.63, 3.8) is 0 Å². The number of sulfone groups is 1. The Kier molecular flexibility index (Phi) is 8.60. The highest BCUT2D eigenvalue weighted by atomic mass is 35.5. The average Bonchev–Trinajstić information content (AvgIpc) is 3.31. The number of anilines is 1. The fourth-order valence-electron chi connectivity index (χ4n) is 7.03. The first-order valence-electron chi connectivity index (χ1n) is 14.0. The zero-order chi connectivity index (χ0) is 31.4. The minimum atomic E-state index is -4.13. The summed E-state index contributed by atoms with van der Waals surface area (Å²) in [6, 6.07) is 4.71. The Morgan fingerprint density at radius 1 is 1.00 bits per heavy atom. The standard InChI is InChI=1S/C29H32ClF3N2O7S/c1-13-4-16-8-18(11-19(13)29(16,40)12-34-27(38)15-5-23(36)24(37)6-15)43(41,42)25-7-14(2-3-20(25)30)28(39)35-17-9-21(31)26(33)22(32)10-17/h2-3,7,9-10,13,15-16,18-19,23-24,36-37,40H,4-6,8,11-12H2,1H3,(H,34,38)(H,35,39)/t13-,15-,16?,18+,19?,23-,24+,29+/m0/s1. The van der Waals surface area contributed by atoms with E-state index in [2.05, 4.69) is 10.6 Å². The SMILES string of the molecule is C[C@H]1CC2C[C@@H](S(=O)(=O)c3cc(C(=O)Nc4cc(F)c(F)c(F)c4)ccc3Cl)CC1[C@@]2(O)CNC(=O)[C@@H]1C[C@@H](O)[C@@H](O)C1. The lowest BCUT2D eigenvalue weighted by Gasteiger charge is -2.43. The number of nitrogens with one attached hydrogen (secondary N) is 2. The fraction of sp³-hybridized carbons (Fsp3) is 0.517. The summed E-state index contributed by atoms with van der Waals surface area (Å²) in [5, 5.41) is 35.1. The molecule has 2 aromatic carbocycles. The van der Waals surface area contributed by atoms with Gasteiger partial charge in [0.25, 0.3) is 5.91 Å². The quantitative estimate of drug-likeness (QED) is 0.290. The van der Waals surface area contributed by atoms with Crippen LogP contribution in [0.15, 0.2) is 35.2 Å². The van der Waals surface area contributed by atoms with Gasteiger partial charge in [0, 0.05) is 35.8 Å². The number of amides is 2. The molecule has 0 aromatic heterocycles. The lowest BCUT2D eigenvalue weighted by Crippen LogP contribution is -2.55. The first-order valence-corrected chi connectivity index (χ1v) is 15.9. The number of fused-ring (bicyclic) bond motifs is 2. The monoisotopic (exact) mass is 644 g/mol. The van der Waals surface area contributed by atoms with Gasteiger partial charge in [-0.05, 0) is 68.1 Å². The van der Waals surface area contributed by atoms with Gasteiger partial charge in [-0.1, -0.05) is 18.5 Å². The minimum Gasteiger partial charge on any atom is -0.390 e. The molecule has 0 radical (unpaired) electrons. The van der Waals surface area contributed by atoms with Crippen LogP contribution in [0.25, 0.3) is 0 Å². The van der Waals surface area contributed by atoms with Gasteiger partial charge in [-0.3, -0.25) is 9.59 Å². The summed E-state index contributed by atoms with van der Waals surface area (Å²) in [5.74, 6) is -7.58. The van der Waals surface area contributed by atoms with Crippen LogP contribution in [0.5, 0.6) is 0 Å². The molecule has 2 amide bonds. The van der Waals surface area contributed by atoms with Gasteiger partial charge in [0.2, 0.25) is 5.91 Å². The number of halogens is 4. The van der Waals surface area contributed by atoms with Crippen LogP contribution in [0.3, 0.4) is 0 Å². The Labute approximate surface area is 251 Å². The maximum atomic E-state index is 13.9. The van der Waals surface area contributed by atoms with Gasteiger partial charge in [0.15, 0.2) is 27.3 Å². The van der Waals surface area contributed by atoms with E-state index in [0.717, 1.165) is 6.07 Å². The van der Waals surface area contributed by atoms with Gasteiger partial charge in [-0.2, -0.15) is 0 Å². The molecule has 5 rings (SSSR count). The van der Waals surface area contributed by atoms with E-state index in [1.165, 1.54) is 12.1 Å². The molecule has 3 saturated carbocycles. The third kappa shape index (κ3) is 5.89. The molecule has 2 bridgehead atoms. The van der Waals surface area contributed by atoms with Crippen molar-refractivity contribution in [3.05, 3.63) is 58.4 Å². The predicted octanol–water partition coefficient (Wildman–Crippen LogP) is 3.20. The molecular formula is C29H32ClF3N2O7S. The second-order valence-corrected chi connectivity index (χ2v) is 14.6. The topological polar surface area (TPSA) is 153 Å². The molecule has 2 unspecified atom stereocenters. The molecule has 3 aliphatic carbocycles. The number of rotatable bonds is 7. The number of hydrogen-bond acceptors (Lipinski definition) is 7. The highest BCUT2D eigenvalue weighted by molar-refractivity contribution is 7.92. The summed E-state index contributed by atoms with van der Waals surface area (Å²) in [6.07, 6.45) is -1.05. The van der Waals surface area contributed by atoms with Crippen LogP contribution in [0.4, 0.5) is 18.9 Å². The third-order valence-electron chi connectivity index (χ3n) is 9.35. The van der Waals surface area contributed by atoms with E-state index in [4.69, 9.17) is 11.6 Å². The number of hydrogen-bond donors (Lipinski definition) is 5. The molecule has 0 spiro atoms. The normalized spacial score (nSPS) is 32.0. The maximum absolute atomic E-state index is 13.9. The molecule has 9 nitrogen and oxygen atoms in total. The van der Waals surface area contributed by atoms with E-state index in [1.807, 2.05) is 6.92 Å². The second-order valence-electron chi connectivity index (χ2n) is 12.0. The molecule has 14 heteroatoms. The van der Waals surface area contributed by atoms with Crippen molar-refractivity contribution in [2.75, 3.05) is 11.9 Å². The Morgan fingerprint density at radius 3 is 2.23 bits per heavy atom. The van der Waals surface area contributed by atoms with Crippen molar-refractivity contribution in [1.82, 2.24) is 5.32 Å². The summed E-state index contributed by atoms with van der Waals surface area (Å²) in [5.41, 5.74) is -1.89. The molecule has 234 valence electrons. The lowest BCUT2D eigenvalue weighted by atomic mass is 9.73. The molecule has 0 heterocycles. The Morgan fingerprint density at radius 2 is 1.63 bits per heavy atom. The van der Waals surface area contributed by atoms with Gasteiger partial charge in [-0.25, -0.2) is 21.6 Å². The molecule has 3 fully saturated rings. The molecule has 0 aliphatic heterocycles. The number of benzene rings is 2. The van der Waals surface area contributed by atoms with Crippen molar-refractivity contribution >= 4 is 38.9 Å². The fourth-order valence-corrected chi connectivity index (χ4v) is 9.41. The summed E-state index contributed by atoms with van der Waals surface area (Å²) < 4.78 is 68.2. The van der Waals surface area contributed by atoms with E-state index in [9.17, 15) is 46.5 Å². The highest BCUT2D eigenvalue weighted by Crippen LogP contribution is 2.54. The van der Waals surface area contributed by atoms with Crippen LogP contribution in [-0.2, 0) is 14.6 Å². The number of aliphatic hydroxyl groups is 3. The van der Waals surface area contributed by atoms with E-state index >= 15 is 0 Å². The summed E-state index contributed by atoms with van der Waals surface area (Å²) in [7, 11) is -4.13. The molecule has 3 aliphatic rings. The van der Waals surface area contributed by atoms with Crippen LogP contribution in [-0.4, -0.2) is 65.2 Å². The molecular weight excluding hydrogens is 613 g/mol. The second kappa shape index (κ2) is 11.7. The Balaban J connectivity index is 1.32. The van der Waals surface area contributed by atoms with Crippen molar-refractivity contribution in [1.29, 1.82) is 0 Å². The van der Waals surface area contributed by atoms with Gasteiger partial charge in [0.1, 0.15) is 0 Å². The smallest absolute Gasteiger partial charge is 0.255 e. The van der Waals surface area contributed by atoms with Crippen LogP contribution in [0, 0.1) is 41.1 Å². The van der Waals surface area contributed by atoms with E-state index < -0.39 is 74.0 Å². The van der Waals surface area contributed by atoms with Crippen LogP contribution in [0.1, 0.15) is 49.4 Å². The van der Waals surface area contributed by atoms with E-state index in [1.54, 1.807) is 0 Å². The number of carbonyl (C=O) groups excluding carboxylic acids is 2. The van der Waals surface area contributed by atoms with E-state index in [0.29, 0.717) is 18.6 Å². The Hall–Kier alpha value is -2.71. The van der Waals surface area contributed by atoms with Gasteiger partial charge < -0.3 is 26.0 Å². The zero-order valence-electron chi connectivity index (χ0n) is 23.1. The number of carbonyl (C=O) groups is 2. The first-order chi connectivity index (χ1) is 20.1. The molecule has 8 atom stereocenters. The van der Waals surface area contributed by atoms with Gasteiger partial charge in [-0.15, -0.1) is 0 Å². The first kappa shape index (κ1) is 31.7. The van der Waals surface area contributed by atoms with Gasteiger partial charge >= 0.3 is 0 Å². The average molecular weight is 645 g/mol. The van der Waals surface area contributed by atoms with Crippen LogP contribution < -0.4 is 10.6 Å². The van der Waals surface area contributed by atoms with Crippen molar-refractivity contribution in [3.8, 4) is 0 Å². The third-order valence-corrected chi connectivity index (χ3v) is 12.0. The minimum absolute atomic E-state index is 0.0497. The lowest BCUT2D eigenvalue weighted by molar-refractivity contribution is -0.128. The maximum Gasteiger partial charge on any atom is 0.255 e. The predicted molar refractivity (Wildman–Crippen MR) is 149 cm³/mol. The summed E-state index contributed by atoms with van der Waals surface area (Å²) in [6.45, 7) is 1.82. The van der Waals surface area contributed by atoms with Crippen molar-refractivity contribution < 1.29 is 46.5 Å². The van der Waals surface area contributed by atoms with Crippen LogP contribution >= 0.6 is 11.6 Å². The van der Waals surface area contributed by atoms with E-state index in [-0.39, 0.29) is 65.2 Å².